The highest BCUT2D eigenvalue weighted by atomic mass is 32.1. The second-order valence-electron chi connectivity index (χ2n) is 2.58. The maximum atomic E-state index is 11.1. The molecule has 2 rings (SSSR count). The number of rotatable bonds is 1. The Morgan fingerprint density at radius 3 is 3.17 bits per heavy atom. The van der Waals surface area contributed by atoms with Crippen molar-refractivity contribution in [3.8, 4) is 0 Å². The number of aromatic nitrogens is 1. The van der Waals surface area contributed by atoms with Crippen molar-refractivity contribution in [1.29, 1.82) is 0 Å². The van der Waals surface area contributed by atoms with E-state index in [-0.39, 0.29) is 5.78 Å². The average Bonchev–Trinajstić information content (AvgIpc) is 2.47. The molecule has 0 aliphatic carbocycles. The molecule has 2 aromatic rings. The van der Waals surface area contributed by atoms with Gasteiger partial charge >= 0.3 is 0 Å². The van der Waals surface area contributed by atoms with Crippen molar-refractivity contribution in [2.75, 3.05) is 0 Å². The van der Waals surface area contributed by atoms with Crippen molar-refractivity contribution in [3.05, 3.63) is 29.4 Å². The predicted molar refractivity (Wildman–Crippen MR) is 49.6 cm³/mol. The Hall–Kier alpha value is -1.22. The fraction of sp³-hybridized carbons (Fsp3) is 0.111. The van der Waals surface area contributed by atoms with Gasteiger partial charge < -0.3 is 0 Å². The average molecular weight is 177 g/mol. The van der Waals surface area contributed by atoms with Gasteiger partial charge in [0.15, 0.2) is 5.78 Å². The summed E-state index contributed by atoms with van der Waals surface area (Å²) in [6.07, 6.45) is 3.49. The monoisotopic (exact) mass is 177 g/mol. The zero-order valence-electron chi connectivity index (χ0n) is 6.57. The molecule has 0 saturated carbocycles. The molecular weight excluding hydrogens is 170 g/mol. The van der Waals surface area contributed by atoms with Crippen LogP contribution >= 0.6 is 11.3 Å². The van der Waals surface area contributed by atoms with E-state index in [9.17, 15) is 4.79 Å². The first-order chi connectivity index (χ1) is 5.79. The molecule has 12 heavy (non-hydrogen) atoms. The first kappa shape index (κ1) is 7.43. The maximum Gasteiger partial charge on any atom is 0.161 e. The van der Waals surface area contributed by atoms with Crippen LogP contribution in [0.5, 0.6) is 0 Å². The lowest BCUT2D eigenvalue weighted by Crippen LogP contribution is -1.88. The molecule has 0 aromatic carbocycles. The molecule has 0 unspecified atom stereocenters. The lowest BCUT2D eigenvalue weighted by atomic mass is 10.1. The smallest absolute Gasteiger partial charge is 0.161 e. The second kappa shape index (κ2) is 2.68. The Morgan fingerprint density at radius 1 is 1.58 bits per heavy atom. The minimum Gasteiger partial charge on any atom is -0.294 e. The van der Waals surface area contributed by atoms with Gasteiger partial charge in [0.05, 0.1) is 4.70 Å². The van der Waals surface area contributed by atoms with Gasteiger partial charge in [0.2, 0.25) is 0 Å². The summed E-state index contributed by atoms with van der Waals surface area (Å²) in [5, 5.41) is 2.90. The fourth-order valence-corrected chi connectivity index (χ4v) is 2.12. The summed E-state index contributed by atoms with van der Waals surface area (Å²) in [7, 11) is 0. The number of Topliss-reactive ketones (excluding diaryl/α,β-unsaturated/α-hetero) is 1. The van der Waals surface area contributed by atoms with Crippen LogP contribution in [0.1, 0.15) is 17.3 Å². The van der Waals surface area contributed by atoms with E-state index in [0.717, 1.165) is 15.6 Å². The Balaban J connectivity index is 2.79. The van der Waals surface area contributed by atoms with Crippen molar-refractivity contribution < 1.29 is 4.79 Å². The number of fused-ring (bicyclic) bond motifs is 1. The quantitative estimate of drug-likeness (QED) is 0.626. The van der Waals surface area contributed by atoms with Crippen LogP contribution in [0.15, 0.2) is 23.8 Å². The minimum atomic E-state index is 0.118. The topological polar surface area (TPSA) is 30.0 Å². The van der Waals surface area contributed by atoms with Crippen LogP contribution in [0.4, 0.5) is 0 Å². The highest BCUT2D eigenvalue weighted by Crippen LogP contribution is 2.24. The van der Waals surface area contributed by atoms with Gasteiger partial charge in [-0.05, 0) is 13.0 Å². The first-order valence-corrected chi connectivity index (χ1v) is 4.49. The number of nitrogens with zero attached hydrogens (tertiary/aromatic N) is 1. The summed E-state index contributed by atoms with van der Waals surface area (Å²) in [5.74, 6) is 0.118. The third-order valence-corrected chi connectivity index (χ3v) is 2.69. The second-order valence-corrected chi connectivity index (χ2v) is 3.49. The molecule has 2 aromatic heterocycles. The molecule has 2 nitrogen and oxygen atoms in total. The number of hydrogen-bond acceptors (Lipinski definition) is 3. The number of pyridine rings is 1. The van der Waals surface area contributed by atoms with Crippen LogP contribution in [0.3, 0.4) is 0 Å². The van der Waals surface area contributed by atoms with Crippen LogP contribution in [-0.4, -0.2) is 10.8 Å². The normalized spacial score (nSPS) is 10.4. The van der Waals surface area contributed by atoms with Crippen LogP contribution in [0.25, 0.3) is 10.1 Å². The first-order valence-electron chi connectivity index (χ1n) is 3.61. The van der Waals surface area contributed by atoms with E-state index < -0.39 is 0 Å². The van der Waals surface area contributed by atoms with Gasteiger partial charge in [-0.25, -0.2) is 0 Å². The summed E-state index contributed by atoms with van der Waals surface area (Å²) in [6.45, 7) is 1.59. The summed E-state index contributed by atoms with van der Waals surface area (Å²) in [4.78, 5) is 15.1. The molecule has 0 radical (unpaired) electrons. The Bertz CT molecular complexity index is 433. The van der Waals surface area contributed by atoms with Crippen molar-refractivity contribution in [3.63, 3.8) is 0 Å². The Kier molecular flexibility index (Phi) is 1.66. The van der Waals surface area contributed by atoms with E-state index in [2.05, 4.69) is 4.98 Å². The van der Waals surface area contributed by atoms with E-state index in [1.807, 2.05) is 11.4 Å². The van der Waals surface area contributed by atoms with E-state index in [4.69, 9.17) is 0 Å². The van der Waals surface area contributed by atoms with Gasteiger partial charge in [-0.2, -0.15) is 0 Å². The minimum absolute atomic E-state index is 0.118. The molecule has 0 amide bonds. The lowest BCUT2D eigenvalue weighted by Gasteiger charge is -1.90. The number of ketones is 1. The molecule has 2 heterocycles. The highest BCUT2D eigenvalue weighted by Gasteiger charge is 2.06. The summed E-state index contributed by atoms with van der Waals surface area (Å²) in [5.41, 5.74) is 0.803. The van der Waals surface area contributed by atoms with E-state index in [0.29, 0.717) is 0 Å². The molecule has 0 fully saturated rings. The maximum absolute atomic E-state index is 11.1. The van der Waals surface area contributed by atoms with E-state index in [1.165, 1.54) is 0 Å². The zero-order chi connectivity index (χ0) is 8.55. The van der Waals surface area contributed by atoms with Crippen LogP contribution in [-0.2, 0) is 0 Å². The predicted octanol–water partition coefficient (Wildman–Crippen LogP) is 2.50. The molecule has 0 spiro atoms. The van der Waals surface area contributed by atoms with E-state index in [1.54, 1.807) is 30.7 Å². The number of hydrogen-bond donors (Lipinski definition) is 0. The standard InChI is InChI=1S/C9H7NOS/c1-6(11)8-5-12-9-4-10-3-2-7(8)9/h2-5H,1H3. The van der Waals surface area contributed by atoms with Crippen molar-refractivity contribution in [1.82, 2.24) is 4.98 Å². The molecular formula is C9H7NOS. The van der Waals surface area contributed by atoms with Gasteiger partial charge in [0, 0.05) is 28.7 Å². The van der Waals surface area contributed by atoms with Gasteiger partial charge in [0.1, 0.15) is 0 Å². The Labute approximate surface area is 73.9 Å². The molecule has 60 valence electrons. The zero-order valence-corrected chi connectivity index (χ0v) is 7.39. The van der Waals surface area contributed by atoms with Crippen molar-refractivity contribution in [2.24, 2.45) is 0 Å². The summed E-state index contributed by atoms with van der Waals surface area (Å²) < 4.78 is 1.07. The molecule has 0 aliphatic heterocycles. The van der Waals surface area contributed by atoms with Crippen LogP contribution in [0.2, 0.25) is 0 Å². The van der Waals surface area contributed by atoms with Gasteiger partial charge in [0.25, 0.3) is 0 Å². The van der Waals surface area contributed by atoms with Crippen LogP contribution in [0, 0.1) is 0 Å². The van der Waals surface area contributed by atoms with Crippen molar-refractivity contribution in [2.45, 2.75) is 6.92 Å². The van der Waals surface area contributed by atoms with Crippen LogP contribution < -0.4 is 0 Å². The van der Waals surface area contributed by atoms with Crippen molar-refractivity contribution >= 4 is 27.2 Å². The van der Waals surface area contributed by atoms with Gasteiger partial charge in [-0.3, -0.25) is 9.78 Å². The third kappa shape index (κ3) is 1.02. The molecule has 0 atom stereocenters. The third-order valence-electron chi connectivity index (χ3n) is 1.76. The van der Waals surface area contributed by atoms with Gasteiger partial charge in [-0.15, -0.1) is 11.3 Å². The SMILES string of the molecule is CC(=O)c1csc2cnccc12. The van der Waals surface area contributed by atoms with E-state index >= 15 is 0 Å². The molecule has 3 heteroatoms. The lowest BCUT2D eigenvalue weighted by molar-refractivity contribution is 0.101. The number of carbonyl (C=O) groups excluding carboxylic acids is 1. The molecule has 0 bridgehead atoms. The number of thiophene rings is 1. The summed E-state index contributed by atoms with van der Waals surface area (Å²) >= 11 is 1.56. The largest absolute Gasteiger partial charge is 0.294 e. The molecule has 0 N–H and O–H groups in total. The molecule has 0 saturated heterocycles. The molecule has 0 aliphatic rings. The highest BCUT2D eigenvalue weighted by molar-refractivity contribution is 7.17. The Morgan fingerprint density at radius 2 is 2.42 bits per heavy atom. The fourth-order valence-electron chi connectivity index (χ4n) is 1.15. The van der Waals surface area contributed by atoms with Gasteiger partial charge in [-0.1, -0.05) is 0 Å². The number of carbonyl (C=O) groups is 1. The summed E-state index contributed by atoms with van der Waals surface area (Å²) in [6, 6.07) is 1.88.